The number of rotatable bonds is 11. The summed E-state index contributed by atoms with van der Waals surface area (Å²) in [6.07, 6.45) is 2.43. The van der Waals surface area contributed by atoms with E-state index in [0.717, 1.165) is 18.2 Å². The summed E-state index contributed by atoms with van der Waals surface area (Å²) < 4.78 is 33.6. The minimum atomic E-state index is -0.806. The molecule has 0 saturated carbocycles. The summed E-state index contributed by atoms with van der Waals surface area (Å²) in [6, 6.07) is 6.78. The molecule has 1 amide bonds. The fourth-order valence-corrected chi connectivity index (χ4v) is 3.11. The highest BCUT2D eigenvalue weighted by Crippen LogP contribution is 2.37. The summed E-state index contributed by atoms with van der Waals surface area (Å²) in [4.78, 5) is 20.3. The number of nitrogens with one attached hydrogen (secondary N) is 5. The highest BCUT2D eigenvalue weighted by molar-refractivity contribution is 6.32. The van der Waals surface area contributed by atoms with Crippen LogP contribution >= 0.6 is 11.6 Å². The number of hydrogen-bond acceptors (Lipinski definition) is 8. The SMILES string of the molecule is C=CC(=O)Nc1cc(Nc2ncc(Cl)c(Nc3c(F)cccc3F)n2)c(OC)cc1NCCNC. The molecule has 0 saturated heterocycles. The Morgan fingerprint density at radius 2 is 1.89 bits per heavy atom. The fourth-order valence-electron chi connectivity index (χ4n) is 2.97. The second-order valence-corrected chi connectivity index (χ2v) is 7.47. The molecule has 0 bridgehead atoms. The van der Waals surface area contributed by atoms with Gasteiger partial charge in [0.1, 0.15) is 28.1 Å². The molecule has 35 heavy (non-hydrogen) atoms. The van der Waals surface area contributed by atoms with Gasteiger partial charge >= 0.3 is 0 Å². The average molecular weight is 504 g/mol. The van der Waals surface area contributed by atoms with Gasteiger partial charge in [-0.05, 0) is 31.3 Å². The largest absolute Gasteiger partial charge is 0.494 e. The first-order valence-electron chi connectivity index (χ1n) is 10.4. The number of carbonyl (C=O) groups is 1. The van der Waals surface area contributed by atoms with Gasteiger partial charge in [-0.1, -0.05) is 24.2 Å². The number of amides is 1. The molecule has 0 fully saturated rings. The van der Waals surface area contributed by atoms with E-state index in [4.69, 9.17) is 16.3 Å². The second-order valence-electron chi connectivity index (χ2n) is 7.06. The van der Waals surface area contributed by atoms with Crippen molar-refractivity contribution in [2.45, 2.75) is 0 Å². The van der Waals surface area contributed by atoms with Crippen LogP contribution in [0.1, 0.15) is 0 Å². The summed E-state index contributed by atoms with van der Waals surface area (Å²) in [5.74, 6) is -1.55. The normalized spacial score (nSPS) is 10.4. The van der Waals surface area contributed by atoms with Crippen molar-refractivity contribution in [3.63, 3.8) is 0 Å². The molecular weight excluding hydrogens is 480 g/mol. The lowest BCUT2D eigenvalue weighted by molar-refractivity contribution is -0.111. The van der Waals surface area contributed by atoms with E-state index in [1.54, 1.807) is 12.1 Å². The summed E-state index contributed by atoms with van der Waals surface area (Å²) in [5.41, 5.74) is 1.08. The summed E-state index contributed by atoms with van der Waals surface area (Å²) in [6.45, 7) is 4.75. The van der Waals surface area contributed by atoms with Gasteiger partial charge < -0.3 is 31.3 Å². The topological polar surface area (TPSA) is 112 Å². The van der Waals surface area contributed by atoms with Gasteiger partial charge in [-0.2, -0.15) is 4.98 Å². The minimum absolute atomic E-state index is 0.0160. The van der Waals surface area contributed by atoms with Crippen LogP contribution in [0.5, 0.6) is 5.75 Å². The van der Waals surface area contributed by atoms with Crippen LogP contribution in [0.25, 0.3) is 0 Å². The molecule has 0 radical (unpaired) electrons. The van der Waals surface area contributed by atoms with Crippen molar-refractivity contribution in [2.75, 3.05) is 48.5 Å². The van der Waals surface area contributed by atoms with Crippen LogP contribution < -0.4 is 31.3 Å². The molecule has 2 aromatic carbocycles. The van der Waals surface area contributed by atoms with Gasteiger partial charge in [0.25, 0.3) is 0 Å². The number of anilines is 6. The summed E-state index contributed by atoms with van der Waals surface area (Å²) in [7, 11) is 3.31. The average Bonchev–Trinajstić information content (AvgIpc) is 2.84. The first kappa shape index (κ1) is 25.7. The van der Waals surface area contributed by atoms with E-state index in [-0.39, 0.29) is 16.8 Å². The number of aromatic nitrogens is 2. The number of halogens is 3. The molecule has 9 nitrogen and oxygen atoms in total. The smallest absolute Gasteiger partial charge is 0.247 e. The third-order valence-electron chi connectivity index (χ3n) is 4.67. The minimum Gasteiger partial charge on any atom is -0.494 e. The summed E-state index contributed by atoms with van der Waals surface area (Å²) >= 11 is 6.14. The molecule has 3 rings (SSSR count). The monoisotopic (exact) mass is 503 g/mol. The summed E-state index contributed by atoms with van der Waals surface area (Å²) in [5, 5.41) is 14.6. The quantitative estimate of drug-likeness (QED) is 0.190. The van der Waals surface area contributed by atoms with E-state index in [1.807, 2.05) is 7.05 Å². The maximum absolute atomic E-state index is 14.1. The molecule has 0 aliphatic carbocycles. The number of carbonyl (C=O) groups excluding carboxylic acids is 1. The first-order chi connectivity index (χ1) is 16.9. The van der Waals surface area contributed by atoms with Crippen molar-refractivity contribution in [3.8, 4) is 5.75 Å². The van der Waals surface area contributed by atoms with Crippen molar-refractivity contribution in [2.24, 2.45) is 0 Å². The highest BCUT2D eigenvalue weighted by atomic mass is 35.5. The molecule has 0 aliphatic heterocycles. The van der Waals surface area contributed by atoms with E-state index < -0.39 is 23.2 Å². The van der Waals surface area contributed by atoms with Crippen molar-refractivity contribution in [1.29, 1.82) is 0 Å². The number of likely N-dealkylation sites (N-methyl/N-ethyl adjacent to an activating group) is 1. The molecule has 0 unspecified atom stereocenters. The molecule has 1 heterocycles. The van der Waals surface area contributed by atoms with E-state index in [0.29, 0.717) is 35.9 Å². The zero-order valence-corrected chi connectivity index (χ0v) is 19.8. The Morgan fingerprint density at radius 1 is 1.14 bits per heavy atom. The molecule has 5 N–H and O–H groups in total. The number of methoxy groups -OCH3 is 1. The van der Waals surface area contributed by atoms with Crippen molar-refractivity contribution in [1.82, 2.24) is 15.3 Å². The van der Waals surface area contributed by atoms with E-state index in [1.165, 1.54) is 19.4 Å². The van der Waals surface area contributed by atoms with Crippen molar-refractivity contribution < 1.29 is 18.3 Å². The van der Waals surface area contributed by atoms with Crippen LogP contribution in [-0.2, 0) is 4.79 Å². The van der Waals surface area contributed by atoms with Gasteiger partial charge in [0, 0.05) is 19.2 Å². The van der Waals surface area contributed by atoms with Gasteiger partial charge in [-0.15, -0.1) is 0 Å². The number of benzene rings is 2. The van der Waals surface area contributed by atoms with Gasteiger partial charge in [-0.3, -0.25) is 4.79 Å². The molecular formula is C23H24ClF2N7O2. The molecule has 0 aliphatic rings. The third kappa shape index (κ3) is 6.55. The standard InChI is InChI=1S/C23H24ClF2N7O2/c1-4-20(34)30-17-10-18(19(35-3)11-16(17)28-9-8-27-2)31-23-29-12-13(24)22(33-23)32-21-14(25)6-5-7-15(21)26/h4-7,10-12,27-28H,1,8-9H2,2-3H3,(H,30,34)(H2,29,31,32,33). The Kier molecular flexibility index (Phi) is 8.76. The lowest BCUT2D eigenvalue weighted by atomic mass is 10.2. The Balaban J connectivity index is 1.94. The second kappa shape index (κ2) is 12.0. The van der Waals surface area contributed by atoms with E-state index >= 15 is 0 Å². The highest BCUT2D eigenvalue weighted by Gasteiger charge is 2.16. The maximum Gasteiger partial charge on any atom is 0.247 e. The van der Waals surface area contributed by atoms with Crippen LogP contribution in [0, 0.1) is 11.6 Å². The predicted octanol–water partition coefficient (Wildman–Crippen LogP) is 4.66. The maximum atomic E-state index is 14.1. The van der Waals surface area contributed by atoms with Crippen LogP contribution in [0.4, 0.5) is 43.3 Å². The first-order valence-corrected chi connectivity index (χ1v) is 10.8. The molecule has 12 heteroatoms. The van der Waals surface area contributed by atoms with Gasteiger partial charge in [0.05, 0.1) is 30.4 Å². The van der Waals surface area contributed by atoms with E-state index in [9.17, 15) is 13.6 Å². The fraction of sp³-hybridized carbons (Fsp3) is 0.174. The zero-order valence-electron chi connectivity index (χ0n) is 19.0. The predicted molar refractivity (Wildman–Crippen MR) is 134 cm³/mol. The van der Waals surface area contributed by atoms with Crippen molar-refractivity contribution in [3.05, 3.63) is 65.8 Å². The Bertz CT molecular complexity index is 1210. The molecule has 1 aromatic heterocycles. The number of nitrogens with zero attached hydrogens (tertiary/aromatic N) is 2. The Hall–Kier alpha value is -3.96. The number of para-hydroxylation sites is 1. The van der Waals surface area contributed by atoms with Crippen molar-refractivity contribution >= 4 is 52.0 Å². The Morgan fingerprint density at radius 3 is 2.54 bits per heavy atom. The van der Waals surface area contributed by atoms with E-state index in [2.05, 4.69) is 43.1 Å². The van der Waals surface area contributed by atoms with Crippen LogP contribution in [0.15, 0.2) is 49.2 Å². The van der Waals surface area contributed by atoms with Crippen LogP contribution in [-0.4, -0.2) is 43.1 Å². The lowest BCUT2D eigenvalue weighted by Gasteiger charge is -2.18. The van der Waals surface area contributed by atoms with Crippen LogP contribution in [0.2, 0.25) is 5.02 Å². The van der Waals surface area contributed by atoms with Gasteiger partial charge in [0.15, 0.2) is 5.82 Å². The van der Waals surface area contributed by atoms with Gasteiger partial charge in [0.2, 0.25) is 11.9 Å². The van der Waals surface area contributed by atoms with Gasteiger partial charge in [-0.25, -0.2) is 13.8 Å². The zero-order chi connectivity index (χ0) is 25.4. The lowest BCUT2D eigenvalue weighted by Crippen LogP contribution is -2.19. The number of ether oxygens (including phenoxy) is 1. The van der Waals surface area contributed by atoms with Crippen LogP contribution in [0.3, 0.4) is 0 Å². The Labute approximate surface area is 206 Å². The third-order valence-corrected chi connectivity index (χ3v) is 4.95. The molecule has 3 aromatic rings. The molecule has 184 valence electrons. The molecule has 0 atom stereocenters. The number of hydrogen-bond donors (Lipinski definition) is 5. The molecule has 0 spiro atoms.